The molecule has 1 aliphatic rings. The summed E-state index contributed by atoms with van der Waals surface area (Å²) in [5.74, 6) is 0. The van der Waals surface area contributed by atoms with Gasteiger partial charge >= 0.3 is 11.5 Å². The summed E-state index contributed by atoms with van der Waals surface area (Å²) < 4.78 is 36.3. The molecule has 0 radical (unpaired) electrons. The van der Waals surface area contributed by atoms with Gasteiger partial charge in [-0.05, 0) is 29.5 Å². The summed E-state index contributed by atoms with van der Waals surface area (Å²) in [5.41, 5.74) is -3.49. The van der Waals surface area contributed by atoms with Crippen LogP contribution in [0.25, 0.3) is 0 Å². The van der Waals surface area contributed by atoms with Crippen molar-refractivity contribution in [3.8, 4) is 0 Å². The van der Waals surface area contributed by atoms with E-state index in [1.807, 2.05) is 0 Å². The molecule has 0 aromatic heterocycles. The largest absolute Gasteiger partial charge is 0.446 e. The van der Waals surface area contributed by atoms with Crippen molar-refractivity contribution in [3.05, 3.63) is 29.8 Å². The minimum Gasteiger partial charge on any atom is -0.336 e. The summed E-state index contributed by atoms with van der Waals surface area (Å²) in [7, 11) is 0. The number of urea groups is 1. The van der Waals surface area contributed by atoms with Crippen LogP contribution in [0.1, 0.15) is 11.6 Å². The van der Waals surface area contributed by atoms with Gasteiger partial charge in [0.05, 0.1) is 6.04 Å². The second kappa shape index (κ2) is 4.48. The van der Waals surface area contributed by atoms with Gasteiger partial charge in [-0.15, -0.1) is 0 Å². The van der Waals surface area contributed by atoms with Gasteiger partial charge in [-0.1, -0.05) is 12.1 Å². The molecule has 92 valence electrons. The molecular weight excluding hydrogens is 253 g/mol. The van der Waals surface area contributed by atoms with Gasteiger partial charge < -0.3 is 10.6 Å². The maximum atomic E-state index is 12.1. The number of alkyl halides is 3. The highest BCUT2D eigenvalue weighted by Gasteiger charge is 2.29. The number of nitrogens with one attached hydrogen (secondary N) is 2. The van der Waals surface area contributed by atoms with Crippen molar-refractivity contribution in [2.45, 2.75) is 16.4 Å². The van der Waals surface area contributed by atoms with E-state index >= 15 is 0 Å². The first-order valence-electron chi connectivity index (χ1n) is 4.84. The highest BCUT2D eigenvalue weighted by molar-refractivity contribution is 8.00. The molecule has 0 bridgehead atoms. The van der Waals surface area contributed by atoms with Gasteiger partial charge in [0, 0.05) is 11.4 Å². The molecule has 0 saturated carbocycles. The lowest BCUT2D eigenvalue weighted by atomic mass is 10.1. The topological polar surface area (TPSA) is 41.1 Å². The minimum atomic E-state index is -4.27. The van der Waals surface area contributed by atoms with Crippen LogP contribution in [0.3, 0.4) is 0 Å². The van der Waals surface area contributed by atoms with Crippen molar-refractivity contribution in [2.75, 3.05) is 6.54 Å². The molecule has 3 nitrogen and oxygen atoms in total. The van der Waals surface area contributed by atoms with E-state index in [-0.39, 0.29) is 28.7 Å². The molecular formula is C10H9F3N2OS. The van der Waals surface area contributed by atoms with Crippen LogP contribution in [-0.4, -0.2) is 18.1 Å². The Morgan fingerprint density at radius 3 is 2.35 bits per heavy atom. The van der Waals surface area contributed by atoms with Crippen LogP contribution in [0, 0.1) is 0 Å². The summed E-state index contributed by atoms with van der Waals surface area (Å²) in [4.78, 5) is 11.0. The summed E-state index contributed by atoms with van der Waals surface area (Å²) in [6.07, 6.45) is 0. The zero-order chi connectivity index (χ0) is 12.5. The number of carbonyl (C=O) groups excluding carboxylic acids is 1. The molecule has 1 atom stereocenters. The Kier molecular flexibility index (Phi) is 3.19. The number of rotatable bonds is 2. The summed E-state index contributed by atoms with van der Waals surface area (Å²) in [5, 5.41) is 5.24. The Morgan fingerprint density at radius 1 is 1.24 bits per heavy atom. The van der Waals surface area contributed by atoms with E-state index in [4.69, 9.17) is 0 Å². The first kappa shape index (κ1) is 12.1. The van der Waals surface area contributed by atoms with Crippen molar-refractivity contribution in [1.29, 1.82) is 0 Å². The van der Waals surface area contributed by atoms with E-state index in [0.29, 0.717) is 6.54 Å². The van der Waals surface area contributed by atoms with Gasteiger partial charge in [-0.3, -0.25) is 0 Å². The van der Waals surface area contributed by atoms with E-state index in [0.717, 1.165) is 5.56 Å². The first-order chi connectivity index (χ1) is 7.94. The van der Waals surface area contributed by atoms with Crippen LogP contribution in [0.15, 0.2) is 29.2 Å². The Labute approximate surface area is 99.8 Å². The number of halogens is 3. The summed E-state index contributed by atoms with van der Waals surface area (Å²) in [6, 6.07) is 5.55. The molecule has 1 aromatic rings. The molecule has 2 rings (SSSR count). The van der Waals surface area contributed by atoms with Crippen molar-refractivity contribution >= 4 is 17.8 Å². The number of carbonyl (C=O) groups is 1. The van der Waals surface area contributed by atoms with Crippen LogP contribution < -0.4 is 10.6 Å². The third-order valence-corrected chi connectivity index (χ3v) is 3.03. The van der Waals surface area contributed by atoms with E-state index in [2.05, 4.69) is 10.6 Å². The molecule has 1 fully saturated rings. The van der Waals surface area contributed by atoms with E-state index in [9.17, 15) is 18.0 Å². The van der Waals surface area contributed by atoms with Gasteiger partial charge in [0.1, 0.15) is 0 Å². The molecule has 2 N–H and O–H groups in total. The average Bonchev–Trinajstić information content (AvgIpc) is 2.63. The van der Waals surface area contributed by atoms with E-state index < -0.39 is 5.51 Å². The minimum absolute atomic E-state index is 0.138. The van der Waals surface area contributed by atoms with Crippen molar-refractivity contribution in [1.82, 2.24) is 10.6 Å². The molecule has 1 heterocycles. The van der Waals surface area contributed by atoms with Gasteiger partial charge in [-0.2, -0.15) is 13.2 Å². The predicted octanol–water partition coefficient (Wildman–Crippen LogP) is 2.65. The average molecular weight is 262 g/mol. The standard InChI is InChI=1S/C10H9F3N2OS/c11-10(12,13)17-7-3-1-6(2-4-7)8-5-14-9(16)15-8/h1-4,8H,5H2,(H2,14,15,16)/t8-/m0/s1. The van der Waals surface area contributed by atoms with E-state index in [1.165, 1.54) is 12.1 Å². The second-order valence-electron chi connectivity index (χ2n) is 3.52. The molecule has 0 aliphatic carbocycles. The van der Waals surface area contributed by atoms with E-state index in [1.54, 1.807) is 12.1 Å². The number of benzene rings is 1. The maximum Gasteiger partial charge on any atom is 0.446 e. The highest BCUT2D eigenvalue weighted by Crippen LogP contribution is 2.37. The smallest absolute Gasteiger partial charge is 0.336 e. The molecule has 0 unspecified atom stereocenters. The molecule has 0 spiro atoms. The lowest BCUT2D eigenvalue weighted by molar-refractivity contribution is -0.0328. The van der Waals surface area contributed by atoms with Gasteiger partial charge in [-0.25, -0.2) is 4.79 Å². The van der Waals surface area contributed by atoms with Crippen molar-refractivity contribution < 1.29 is 18.0 Å². The summed E-state index contributed by atoms with van der Waals surface area (Å²) >= 11 is -0.150. The maximum absolute atomic E-state index is 12.1. The number of hydrogen-bond acceptors (Lipinski definition) is 2. The predicted molar refractivity (Wildman–Crippen MR) is 57.6 cm³/mol. The Balaban J connectivity index is 2.05. The van der Waals surface area contributed by atoms with Gasteiger partial charge in [0.25, 0.3) is 0 Å². The van der Waals surface area contributed by atoms with Crippen LogP contribution in [0.2, 0.25) is 0 Å². The lowest BCUT2D eigenvalue weighted by Crippen LogP contribution is -2.21. The molecule has 2 amide bonds. The molecule has 1 saturated heterocycles. The molecule has 1 aromatic carbocycles. The summed E-state index contributed by atoms with van der Waals surface area (Å²) in [6.45, 7) is 0.449. The lowest BCUT2D eigenvalue weighted by Gasteiger charge is -2.10. The molecule has 17 heavy (non-hydrogen) atoms. The molecule has 7 heteroatoms. The van der Waals surface area contributed by atoms with Crippen LogP contribution in [0.5, 0.6) is 0 Å². The fourth-order valence-electron chi connectivity index (χ4n) is 1.56. The second-order valence-corrected chi connectivity index (χ2v) is 4.66. The number of hydrogen-bond donors (Lipinski definition) is 2. The zero-order valence-corrected chi connectivity index (χ0v) is 9.36. The monoisotopic (exact) mass is 262 g/mol. The molecule has 1 aliphatic heterocycles. The normalized spacial score (nSPS) is 19.9. The van der Waals surface area contributed by atoms with Crippen molar-refractivity contribution in [3.63, 3.8) is 0 Å². The highest BCUT2D eigenvalue weighted by atomic mass is 32.2. The van der Waals surface area contributed by atoms with Crippen LogP contribution >= 0.6 is 11.8 Å². The third kappa shape index (κ3) is 3.29. The fourth-order valence-corrected chi connectivity index (χ4v) is 2.10. The quantitative estimate of drug-likeness (QED) is 0.804. The third-order valence-electron chi connectivity index (χ3n) is 2.29. The number of thioether (sulfide) groups is 1. The Morgan fingerprint density at radius 2 is 1.88 bits per heavy atom. The Bertz CT molecular complexity index is 419. The SMILES string of the molecule is O=C1NC[C@@H](c2ccc(SC(F)(F)F)cc2)N1. The zero-order valence-electron chi connectivity index (χ0n) is 8.54. The Hall–Kier alpha value is -1.37. The van der Waals surface area contributed by atoms with Crippen molar-refractivity contribution in [2.24, 2.45) is 0 Å². The fraction of sp³-hybridized carbons (Fsp3) is 0.300. The van der Waals surface area contributed by atoms with Gasteiger partial charge in [0.15, 0.2) is 0 Å². The number of amides is 2. The van der Waals surface area contributed by atoms with Crippen LogP contribution in [-0.2, 0) is 0 Å². The first-order valence-corrected chi connectivity index (χ1v) is 5.66. The van der Waals surface area contributed by atoms with Crippen LogP contribution in [0.4, 0.5) is 18.0 Å². The van der Waals surface area contributed by atoms with Gasteiger partial charge in [0.2, 0.25) is 0 Å².